The Morgan fingerprint density at radius 1 is 1.50 bits per heavy atom. The topological polar surface area (TPSA) is 16.4 Å². The van der Waals surface area contributed by atoms with E-state index in [0.717, 1.165) is 18.7 Å². The van der Waals surface area contributed by atoms with Crippen LogP contribution in [0.25, 0.3) is 0 Å². The SMILES string of the molecule is CC(C)N(C)CCc1ccco1. The molecule has 0 aromatic carbocycles. The Morgan fingerprint density at radius 3 is 2.75 bits per heavy atom. The van der Waals surface area contributed by atoms with Crippen molar-refractivity contribution in [3.05, 3.63) is 24.2 Å². The summed E-state index contributed by atoms with van der Waals surface area (Å²) in [6.45, 7) is 5.45. The normalized spacial score (nSPS) is 11.4. The van der Waals surface area contributed by atoms with Crippen molar-refractivity contribution in [1.82, 2.24) is 4.90 Å². The van der Waals surface area contributed by atoms with Crippen molar-refractivity contribution >= 4 is 0 Å². The van der Waals surface area contributed by atoms with Gasteiger partial charge in [-0.2, -0.15) is 0 Å². The van der Waals surface area contributed by atoms with Gasteiger partial charge in [-0.1, -0.05) is 0 Å². The molecule has 0 N–H and O–H groups in total. The molecule has 0 saturated carbocycles. The summed E-state index contributed by atoms with van der Waals surface area (Å²) in [7, 11) is 2.13. The van der Waals surface area contributed by atoms with Gasteiger partial charge in [0.25, 0.3) is 0 Å². The van der Waals surface area contributed by atoms with Crippen LogP contribution in [0, 0.1) is 0 Å². The Bertz CT molecular complexity index is 204. The fourth-order valence-corrected chi connectivity index (χ4v) is 1.000. The molecule has 0 saturated heterocycles. The predicted octanol–water partition coefficient (Wildman–Crippen LogP) is 2.16. The first-order chi connectivity index (χ1) is 5.70. The molecule has 1 heterocycles. The average Bonchev–Trinajstić information content (AvgIpc) is 2.51. The highest BCUT2D eigenvalue weighted by molar-refractivity contribution is 4.98. The van der Waals surface area contributed by atoms with Crippen LogP contribution in [0.4, 0.5) is 0 Å². The van der Waals surface area contributed by atoms with E-state index >= 15 is 0 Å². The minimum Gasteiger partial charge on any atom is -0.469 e. The zero-order valence-electron chi connectivity index (χ0n) is 8.08. The third kappa shape index (κ3) is 2.70. The second-order valence-corrected chi connectivity index (χ2v) is 3.40. The lowest BCUT2D eigenvalue weighted by Gasteiger charge is -2.19. The molecule has 0 aliphatic rings. The smallest absolute Gasteiger partial charge is 0.105 e. The van der Waals surface area contributed by atoms with Crippen LogP contribution in [-0.4, -0.2) is 24.5 Å². The van der Waals surface area contributed by atoms with Crippen LogP contribution in [0.1, 0.15) is 19.6 Å². The molecule has 12 heavy (non-hydrogen) atoms. The van der Waals surface area contributed by atoms with Crippen molar-refractivity contribution in [2.24, 2.45) is 0 Å². The van der Waals surface area contributed by atoms with Crippen molar-refractivity contribution in [1.29, 1.82) is 0 Å². The molecule has 0 amide bonds. The second-order valence-electron chi connectivity index (χ2n) is 3.40. The maximum absolute atomic E-state index is 5.24. The summed E-state index contributed by atoms with van der Waals surface area (Å²) in [6, 6.07) is 4.57. The first-order valence-corrected chi connectivity index (χ1v) is 4.43. The third-order valence-corrected chi connectivity index (χ3v) is 2.17. The molecule has 0 unspecified atom stereocenters. The molecule has 0 spiro atoms. The molecule has 0 aliphatic carbocycles. The van der Waals surface area contributed by atoms with Gasteiger partial charge in [0.05, 0.1) is 6.26 Å². The fourth-order valence-electron chi connectivity index (χ4n) is 1.000. The summed E-state index contributed by atoms with van der Waals surface area (Å²) in [6.07, 6.45) is 2.73. The van der Waals surface area contributed by atoms with E-state index in [9.17, 15) is 0 Å². The van der Waals surface area contributed by atoms with Gasteiger partial charge >= 0.3 is 0 Å². The number of likely N-dealkylation sites (N-methyl/N-ethyl adjacent to an activating group) is 1. The molecule has 1 rings (SSSR count). The molecule has 0 fully saturated rings. The van der Waals surface area contributed by atoms with E-state index in [0.29, 0.717) is 6.04 Å². The van der Waals surface area contributed by atoms with Crippen molar-refractivity contribution in [3.63, 3.8) is 0 Å². The van der Waals surface area contributed by atoms with E-state index < -0.39 is 0 Å². The number of furan rings is 1. The molecule has 68 valence electrons. The van der Waals surface area contributed by atoms with Crippen molar-refractivity contribution in [2.75, 3.05) is 13.6 Å². The Labute approximate surface area is 74.2 Å². The van der Waals surface area contributed by atoms with Gasteiger partial charge in [-0.3, -0.25) is 0 Å². The molecule has 0 atom stereocenters. The Hall–Kier alpha value is -0.760. The quantitative estimate of drug-likeness (QED) is 0.683. The first-order valence-electron chi connectivity index (χ1n) is 4.43. The van der Waals surface area contributed by atoms with Gasteiger partial charge in [0, 0.05) is 19.0 Å². The van der Waals surface area contributed by atoms with Crippen LogP contribution in [-0.2, 0) is 6.42 Å². The van der Waals surface area contributed by atoms with Crippen LogP contribution < -0.4 is 0 Å². The van der Waals surface area contributed by atoms with Crippen LogP contribution in [0.15, 0.2) is 22.8 Å². The van der Waals surface area contributed by atoms with Gasteiger partial charge in [0.2, 0.25) is 0 Å². The third-order valence-electron chi connectivity index (χ3n) is 2.17. The lowest BCUT2D eigenvalue weighted by atomic mass is 10.3. The average molecular weight is 167 g/mol. The largest absolute Gasteiger partial charge is 0.469 e. The van der Waals surface area contributed by atoms with Gasteiger partial charge in [0.1, 0.15) is 5.76 Å². The van der Waals surface area contributed by atoms with Gasteiger partial charge in [0.15, 0.2) is 0 Å². The lowest BCUT2D eigenvalue weighted by molar-refractivity contribution is 0.271. The molecular weight excluding hydrogens is 150 g/mol. The summed E-state index contributed by atoms with van der Waals surface area (Å²) < 4.78 is 5.24. The standard InChI is InChI=1S/C10H17NO/c1-9(2)11(3)7-6-10-5-4-8-12-10/h4-5,8-9H,6-7H2,1-3H3. The van der Waals surface area contributed by atoms with Crippen molar-refractivity contribution < 1.29 is 4.42 Å². The Kier molecular flexibility index (Phi) is 3.35. The summed E-state index contributed by atoms with van der Waals surface area (Å²) in [4.78, 5) is 2.31. The molecule has 1 aromatic rings. The monoisotopic (exact) mass is 167 g/mol. The van der Waals surface area contributed by atoms with E-state index in [1.165, 1.54) is 0 Å². The van der Waals surface area contributed by atoms with Gasteiger partial charge in [-0.15, -0.1) is 0 Å². The van der Waals surface area contributed by atoms with Gasteiger partial charge in [-0.25, -0.2) is 0 Å². The summed E-state index contributed by atoms with van der Waals surface area (Å²) in [5.74, 6) is 1.07. The van der Waals surface area contributed by atoms with E-state index in [-0.39, 0.29) is 0 Å². The molecule has 0 aliphatic heterocycles. The summed E-state index contributed by atoms with van der Waals surface area (Å²) in [5, 5.41) is 0. The highest BCUT2D eigenvalue weighted by Crippen LogP contribution is 2.03. The molecule has 2 nitrogen and oxygen atoms in total. The summed E-state index contributed by atoms with van der Waals surface area (Å²) in [5.41, 5.74) is 0. The zero-order chi connectivity index (χ0) is 8.97. The number of rotatable bonds is 4. The van der Waals surface area contributed by atoms with Crippen LogP contribution in [0.5, 0.6) is 0 Å². The Morgan fingerprint density at radius 2 is 2.25 bits per heavy atom. The number of hydrogen-bond acceptors (Lipinski definition) is 2. The predicted molar refractivity (Wildman–Crippen MR) is 50.2 cm³/mol. The maximum atomic E-state index is 5.24. The van der Waals surface area contributed by atoms with Gasteiger partial charge < -0.3 is 9.32 Å². The number of hydrogen-bond donors (Lipinski definition) is 0. The zero-order valence-corrected chi connectivity index (χ0v) is 8.08. The van der Waals surface area contributed by atoms with E-state index in [1.807, 2.05) is 12.1 Å². The highest BCUT2D eigenvalue weighted by atomic mass is 16.3. The van der Waals surface area contributed by atoms with Crippen LogP contribution in [0.2, 0.25) is 0 Å². The minimum absolute atomic E-state index is 0.611. The van der Waals surface area contributed by atoms with Crippen LogP contribution in [0.3, 0.4) is 0 Å². The Balaban J connectivity index is 2.27. The highest BCUT2D eigenvalue weighted by Gasteiger charge is 2.03. The first kappa shape index (κ1) is 9.33. The minimum atomic E-state index is 0.611. The molecular formula is C10H17NO. The van der Waals surface area contributed by atoms with E-state index in [4.69, 9.17) is 4.42 Å². The molecule has 0 radical (unpaired) electrons. The molecule has 0 bridgehead atoms. The second kappa shape index (κ2) is 4.31. The maximum Gasteiger partial charge on any atom is 0.105 e. The van der Waals surface area contributed by atoms with Crippen molar-refractivity contribution in [3.8, 4) is 0 Å². The fraction of sp³-hybridized carbons (Fsp3) is 0.600. The van der Waals surface area contributed by atoms with Crippen LogP contribution >= 0.6 is 0 Å². The molecule has 2 heteroatoms. The summed E-state index contributed by atoms with van der Waals surface area (Å²) >= 11 is 0. The van der Waals surface area contributed by atoms with E-state index in [2.05, 4.69) is 25.8 Å². The van der Waals surface area contributed by atoms with E-state index in [1.54, 1.807) is 6.26 Å². The van der Waals surface area contributed by atoms with Crippen molar-refractivity contribution in [2.45, 2.75) is 26.3 Å². The molecule has 1 aromatic heterocycles. The number of nitrogens with zero attached hydrogens (tertiary/aromatic N) is 1. The van der Waals surface area contributed by atoms with Gasteiger partial charge in [-0.05, 0) is 33.0 Å². The lowest BCUT2D eigenvalue weighted by Crippen LogP contribution is -2.28.